The molecule has 1 aliphatic carbocycles. The molecule has 2 N–H and O–H groups in total. The second kappa shape index (κ2) is 5.75. The van der Waals surface area contributed by atoms with E-state index < -0.39 is 5.54 Å². The van der Waals surface area contributed by atoms with Gasteiger partial charge in [0.05, 0.1) is 5.54 Å². The van der Waals surface area contributed by atoms with E-state index >= 15 is 0 Å². The van der Waals surface area contributed by atoms with Crippen LogP contribution in [0.25, 0.3) is 0 Å². The maximum absolute atomic E-state index is 13.3. The minimum Gasteiger partial charge on any atom is -0.318 e. The molecule has 3 aromatic carbocycles. The van der Waals surface area contributed by atoms with Crippen molar-refractivity contribution in [3.63, 3.8) is 0 Å². The van der Waals surface area contributed by atoms with E-state index in [0.717, 1.165) is 11.1 Å². The predicted molar refractivity (Wildman–Crippen MR) is 102 cm³/mol. The molecule has 0 heterocycles. The molecule has 3 nitrogen and oxygen atoms in total. The van der Waals surface area contributed by atoms with Crippen LogP contribution in [0, 0.1) is 6.92 Å². The Balaban J connectivity index is 1.97. The smallest absolute Gasteiger partial charge is 0.194 e. The third-order valence-corrected chi connectivity index (χ3v) is 5.13. The van der Waals surface area contributed by atoms with Crippen LogP contribution in [0.3, 0.4) is 0 Å². The maximum Gasteiger partial charge on any atom is 0.194 e. The van der Waals surface area contributed by atoms with Crippen LogP contribution in [0.15, 0.2) is 66.7 Å². The van der Waals surface area contributed by atoms with Crippen LogP contribution in [-0.4, -0.2) is 11.6 Å². The lowest BCUT2D eigenvalue weighted by Crippen LogP contribution is -2.37. The van der Waals surface area contributed by atoms with Gasteiger partial charge < -0.3 is 5.73 Å². The molecule has 0 saturated carbocycles. The Labute approximate surface area is 152 Å². The fourth-order valence-electron chi connectivity index (χ4n) is 3.68. The molecule has 0 saturated heterocycles. The fraction of sp³-hybridized carbons (Fsp3) is 0.130. The summed E-state index contributed by atoms with van der Waals surface area (Å²) in [6.45, 7) is 3.79. The number of carbonyl (C=O) groups is 2. The molecule has 3 aromatic rings. The molecule has 1 unspecified atom stereocenters. The van der Waals surface area contributed by atoms with Gasteiger partial charge in [-0.25, -0.2) is 0 Å². The largest absolute Gasteiger partial charge is 0.318 e. The van der Waals surface area contributed by atoms with Crippen LogP contribution in [-0.2, 0) is 5.54 Å². The Kier molecular flexibility index (Phi) is 3.63. The van der Waals surface area contributed by atoms with Crippen LogP contribution < -0.4 is 5.73 Å². The lowest BCUT2D eigenvalue weighted by Gasteiger charge is -2.30. The zero-order chi connectivity index (χ0) is 18.5. The molecule has 0 spiro atoms. The summed E-state index contributed by atoms with van der Waals surface area (Å²) in [5.74, 6) is -0.262. The van der Waals surface area contributed by atoms with Gasteiger partial charge in [-0.2, -0.15) is 0 Å². The van der Waals surface area contributed by atoms with Crippen molar-refractivity contribution in [3.05, 3.63) is 106 Å². The first kappa shape index (κ1) is 16.4. The lowest BCUT2D eigenvalue weighted by atomic mass is 9.75. The van der Waals surface area contributed by atoms with E-state index in [-0.39, 0.29) is 11.6 Å². The zero-order valence-corrected chi connectivity index (χ0v) is 14.7. The number of aryl methyl sites for hydroxylation is 1. The van der Waals surface area contributed by atoms with Crippen molar-refractivity contribution in [2.75, 3.05) is 0 Å². The number of nitrogens with two attached hydrogens (primary N) is 1. The molecule has 4 rings (SSSR count). The first-order valence-electron chi connectivity index (χ1n) is 8.59. The summed E-state index contributed by atoms with van der Waals surface area (Å²) in [4.78, 5) is 26.3. The van der Waals surface area contributed by atoms with E-state index in [1.165, 1.54) is 0 Å². The maximum atomic E-state index is 13.3. The molecule has 26 heavy (non-hydrogen) atoms. The van der Waals surface area contributed by atoms with Gasteiger partial charge in [0.25, 0.3) is 0 Å². The standard InChI is InChI=1S/C23H19NO2/c1-14-11-12-16-18(13-14)22(26)20-17(21(16)25)9-6-10-19(20)23(2,24)15-7-4-3-5-8-15/h3-13H,24H2,1-2H3. The van der Waals surface area contributed by atoms with Gasteiger partial charge in [-0.1, -0.05) is 66.2 Å². The van der Waals surface area contributed by atoms with Gasteiger partial charge in [-0.3, -0.25) is 9.59 Å². The Morgan fingerprint density at radius 3 is 2.23 bits per heavy atom. The minimum atomic E-state index is -0.885. The van der Waals surface area contributed by atoms with Gasteiger partial charge in [-0.15, -0.1) is 0 Å². The van der Waals surface area contributed by atoms with Crippen LogP contribution >= 0.6 is 0 Å². The molecule has 128 valence electrons. The fourth-order valence-corrected chi connectivity index (χ4v) is 3.68. The summed E-state index contributed by atoms with van der Waals surface area (Å²) >= 11 is 0. The van der Waals surface area contributed by atoms with Crippen molar-refractivity contribution < 1.29 is 9.59 Å². The van der Waals surface area contributed by atoms with Gasteiger partial charge in [0.2, 0.25) is 0 Å². The number of carbonyl (C=O) groups excluding carboxylic acids is 2. The Morgan fingerprint density at radius 1 is 0.769 bits per heavy atom. The average molecular weight is 341 g/mol. The Morgan fingerprint density at radius 2 is 1.50 bits per heavy atom. The topological polar surface area (TPSA) is 60.2 Å². The Bertz CT molecular complexity index is 1050. The van der Waals surface area contributed by atoms with Gasteiger partial charge >= 0.3 is 0 Å². The van der Waals surface area contributed by atoms with E-state index in [4.69, 9.17) is 5.73 Å². The summed E-state index contributed by atoms with van der Waals surface area (Å²) in [6.07, 6.45) is 0. The molecule has 0 aliphatic heterocycles. The molecular formula is C23H19NO2. The third kappa shape index (κ3) is 2.32. The monoisotopic (exact) mass is 341 g/mol. The number of ketones is 2. The zero-order valence-electron chi connectivity index (χ0n) is 14.7. The molecule has 3 heteroatoms. The van der Waals surface area contributed by atoms with Crippen molar-refractivity contribution in [2.45, 2.75) is 19.4 Å². The molecule has 0 aromatic heterocycles. The van der Waals surface area contributed by atoms with Crippen LogP contribution in [0.4, 0.5) is 0 Å². The van der Waals surface area contributed by atoms with Crippen LogP contribution in [0.5, 0.6) is 0 Å². The second-order valence-electron chi connectivity index (χ2n) is 7.00. The second-order valence-corrected chi connectivity index (χ2v) is 7.00. The number of benzene rings is 3. The quantitative estimate of drug-likeness (QED) is 0.600. The summed E-state index contributed by atoms with van der Waals surface area (Å²) in [7, 11) is 0. The van der Waals surface area contributed by atoms with E-state index in [2.05, 4.69) is 0 Å². The molecule has 0 amide bonds. The van der Waals surface area contributed by atoms with Crippen molar-refractivity contribution in [2.24, 2.45) is 5.73 Å². The molecule has 0 bridgehead atoms. The van der Waals surface area contributed by atoms with Crippen molar-refractivity contribution in [1.29, 1.82) is 0 Å². The molecule has 1 aliphatic rings. The van der Waals surface area contributed by atoms with Crippen LogP contribution in [0.2, 0.25) is 0 Å². The molecular weight excluding hydrogens is 322 g/mol. The van der Waals surface area contributed by atoms with Gasteiger partial charge in [0, 0.05) is 22.3 Å². The number of hydrogen-bond acceptors (Lipinski definition) is 3. The summed E-state index contributed by atoms with van der Waals surface area (Å²) in [6, 6.07) is 20.4. The minimum absolute atomic E-state index is 0.125. The highest BCUT2D eigenvalue weighted by Crippen LogP contribution is 2.36. The van der Waals surface area contributed by atoms with Crippen molar-refractivity contribution >= 4 is 11.6 Å². The highest BCUT2D eigenvalue weighted by molar-refractivity contribution is 6.29. The van der Waals surface area contributed by atoms with E-state index in [0.29, 0.717) is 27.8 Å². The number of rotatable bonds is 2. The number of fused-ring (bicyclic) bond motifs is 2. The summed E-state index contributed by atoms with van der Waals surface area (Å²) in [5.41, 5.74) is 10.1. The first-order valence-corrected chi connectivity index (χ1v) is 8.59. The average Bonchev–Trinajstić information content (AvgIpc) is 2.66. The van der Waals surface area contributed by atoms with Gasteiger partial charge in [0.1, 0.15) is 0 Å². The first-order chi connectivity index (χ1) is 12.4. The van der Waals surface area contributed by atoms with Crippen molar-refractivity contribution in [3.8, 4) is 0 Å². The highest BCUT2D eigenvalue weighted by atomic mass is 16.1. The highest BCUT2D eigenvalue weighted by Gasteiger charge is 2.36. The molecule has 0 fully saturated rings. The van der Waals surface area contributed by atoms with Gasteiger partial charge in [-0.05, 0) is 31.0 Å². The van der Waals surface area contributed by atoms with E-state index in [9.17, 15) is 9.59 Å². The lowest BCUT2D eigenvalue weighted by molar-refractivity contribution is 0.0977. The normalized spacial score (nSPS) is 15.2. The molecule has 0 radical (unpaired) electrons. The molecule has 1 atom stereocenters. The van der Waals surface area contributed by atoms with E-state index in [1.807, 2.05) is 56.3 Å². The summed E-state index contributed by atoms with van der Waals surface area (Å²) in [5, 5.41) is 0. The van der Waals surface area contributed by atoms with Crippen molar-refractivity contribution in [1.82, 2.24) is 0 Å². The summed E-state index contributed by atoms with van der Waals surface area (Å²) < 4.78 is 0. The third-order valence-electron chi connectivity index (χ3n) is 5.13. The Hall–Kier alpha value is -3.04. The van der Waals surface area contributed by atoms with Gasteiger partial charge in [0.15, 0.2) is 11.6 Å². The van der Waals surface area contributed by atoms with Crippen LogP contribution in [0.1, 0.15) is 55.5 Å². The predicted octanol–water partition coefficient (Wildman–Crippen LogP) is 3.99. The number of hydrogen-bond donors (Lipinski definition) is 1. The van der Waals surface area contributed by atoms with E-state index in [1.54, 1.807) is 24.3 Å². The SMILES string of the molecule is Cc1ccc2c(c1)C(=O)c1c(cccc1C(C)(N)c1ccccc1)C2=O.